The molecule has 0 aromatic heterocycles. The molecule has 100 valence electrons. The van der Waals surface area contributed by atoms with Crippen LogP contribution in [0, 0.1) is 5.92 Å². The van der Waals surface area contributed by atoms with E-state index in [2.05, 4.69) is 24.2 Å². The van der Waals surface area contributed by atoms with Gasteiger partial charge in [-0.3, -0.25) is 16.2 Å². The highest BCUT2D eigenvalue weighted by atomic mass is 16.5. The summed E-state index contributed by atoms with van der Waals surface area (Å²) in [4.78, 5) is 2.59. The Hall–Kier alpha value is -0.160. The normalized spacial score (nSPS) is 26.3. The Morgan fingerprint density at radius 2 is 1.82 bits per heavy atom. The minimum atomic E-state index is 0.146. The average molecular weight is 241 g/mol. The molecule has 0 saturated carbocycles. The van der Waals surface area contributed by atoms with Crippen LogP contribution in [0.3, 0.4) is 0 Å². The fraction of sp³-hybridized carbons (Fsp3) is 1.00. The summed E-state index contributed by atoms with van der Waals surface area (Å²) in [5.74, 6) is 6.48. The van der Waals surface area contributed by atoms with Crippen molar-refractivity contribution in [1.82, 2.24) is 10.3 Å². The molecular formula is C13H27N3O. The zero-order valence-corrected chi connectivity index (χ0v) is 11.2. The molecule has 1 atom stereocenters. The van der Waals surface area contributed by atoms with Gasteiger partial charge in [0.15, 0.2) is 0 Å². The Labute approximate surface area is 105 Å². The van der Waals surface area contributed by atoms with Crippen molar-refractivity contribution in [2.75, 3.05) is 26.3 Å². The van der Waals surface area contributed by atoms with Gasteiger partial charge in [0.2, 0.25) is 0 Å². The molecule has 0 aliphatic carbocycles. The second-order valence-corrected chi connectivity index (χ2v) is 5.94. The van der Waals surface area contributed by atoms with Gasteiger partial charge in [0, 0.05) is 24.8 Å². The molecular weight excluding hydrogens is 214 g/mol. The highest BCUT2D eigenvalue weighted by Crippen LogP contribution is 2.31. The standard InChI is InChI=1S/C13H27N3O/c1-13(2,16-7-3-4-8-16)12(15-14)11-5-9-17-10-6-11/h11-12,15H,3-10,14H2,1-2H3. The van der Waals surface area contributed by atoms with Gasteiger partial charge in [-0.05, 0) is 58.5 Å². The molecule has 3 N–H and O–H groups in total. The first-order valence-electron chi connectivity index (χ1n) is 6.95. The predicted molar refractivity (Wildman–Crippen MR) is 69.5 cm³/mol. The number of nitrogens with one attached hydrogen (secondary N) is 1. The molecule has 2 rings (SSSR count). The molecule has 0 aromatic rings. The van der Waals surface area contributed by atoms with Crippen LogP contribution in [-0.4, -0.2) is 42.8 Å². The number of hydrogen-bond donors (Lipinski definition) is 2. The second-order valence-electron chi connectivity index (χ2n) is 5.94. The minimum Gasteiger partial charge on any atom is -0.381 e. The van der Waals surface area contributed by atoms with Gasteiger partial charge in [-0.25, -0.2) is 0 Å². The summed E-state index contributed by atoms with van der Waals surface area (Å²) in [7, 11) is 0. The number of nitrogens with two attached hydrogens (primary N) is 1. The molecule has 4 nitrogen and oxygen atoms in total. The number of hydrogen-bond acceptors (Lipinski definition) is 4. The van der Waals surface area contributed by atoms with Gasteiger partial charge < -0.3 is 4.74 Å². The maximum atomic E-state index is 5.84. The highest BCUT2D eigenvalue weighted by molar-refractivity contribution is 4.98. The largest absolute Gasteiger partial charge is 0.381 e. The third kappa shape index (κ3) is 2.81. The van der Waals surface area contributed by atoms with Gasteiger partial charge in [0.1, 0.15) is 0 Å². The SMILES string of the molecule is CC(C)(C(NN)C1CCOCC1)N1CCCC1. The minimum absolute atomic E-state index is 0.146. The van der Waals surface area contributed by atoms with E-state index in [1.807, 2.05) is 0 Å². The summed E-state index contributed by atoms with van der Waals surface area (Å²) >= 11 is 0. The summed E-state index contributed by atoms with van der Waals surface area (Å²) < 4.78 is 5.45. The molecule has 2 aliphatic rings. The van der Waals surface area contributed by atoms with E-state index < -0.39 is 0 Å². The van der Waals surface area contributed by atoms with Crippen molar-refractivity contribution in [3.63, 3.8) is 0 Å². The van der Waals surface area contributed by atoms with Gasteiger partial charge in [-0.1, -0.05) is 0 Å². The zero-order chi connectivity index (χ0) is 12.3. The molecule has 0 amide bonds. The van der Waals surface area contributed by atoms with Crippen LogP contribution in [-0.2, 0) is 4.74 Å². The Morgan fingerprint density at radius 3 is 2.35 bits per heavy atom. The summed E-state index contributed by atoms with van der Waals surface area (Å²) in [5, 5.41) is 0. The molecule has 2 aliphatic heterocycles. The quantitative estimate of drug-likeness (QED) is 0.572. The molecule has 0 bridgehead atoms. The van der Waals surface area contributed by atoms with Crippen LogP contribution in [0.2, 0.25) is 0 Å². The van der Waals surface area contributed by atoms with Crippen LogP contribution in [0.4, 0.5) is 0 Å². The van der Waals surface area contributed by atoms with Crippen molar-refractivity contribution >= 4 is 0 Å². The lowest BCUT2D eigenvalue weighted by Crippen LogP contribution is -2.62. The molecule has 2 saturated heterocycles. The maximum absolute atomic E-state index is 5.84. The number of rotatable bonds is 4. The predicted octanol–water partition coefficient (Wildman–Crippen LogP) is 1.12. The van der Waals surface area contributed by atoms with Gasteiger partial charge in [0.25, 0.3) is 0 Å². The lowest BCUT2D eigenvalue weighted by molar-refractivity contribution is 0.0129. The molecule has 2 fully saturated rings. The Bertz CT molecular complexity index is 233. The second kappa shape index (κ2) is 5.65. The summed E-state index contributed by atoms with van der Waals surface area (Å²) in [5.41, 5.74) is 3.24. The lowest BCUT2D eigenvalue weighted by Gasteiger charge is -2.46. The molecule has 1 unspecified atom stereocenters. The van der Waals surface area contributed by atoms with Crippen molar-refractivity contribution < 1.29 is 4.74 Å². The van der Waals surface area contributed by atoms with E-state index in [-0.39, 0.29) is 5.54 Å². The number of hydrazine groups is 1. The van der Waals surface area contributed by atoms with Gasteiger partial charge in [-0.2, -0.15) is 0 Å². The lowest BCUT2D eigenvalue weighted by atomic mass is 9.79. The average Bonchev–Trinajstić information content (AvgIpc) is 2.85. The third-order valence-corrected chi connectivity index (χ3v) is 4.60. The van der Waals surface area contributed by atoms with Crippen molar-refractivity contribution in [1.29, 1.82) is 0 Å². The van der Waals surface area contributed by atoms with E-state index in [0.717, 1.165) is 26.1 Å². The molecule has 17 heavy (non-hydrogen) atoms. The maximum Gasteiger partial charge on any atom is 0.0469 e. The third-order valence-electron chi connectivity index (χ3n) is 4.60. The molecule has 0 spiro atoms. The fourth-order valence-corrected chi connectivity index (χ4v) is 3.46. The first kappa shape index (κ1) is 13.3. The van der Waals surface area contributed by atoms with E-state index in [0.29, 0.717) is 12.0 Å². The summed E-state index contributed by atoms with van der Waals surface area (Å²) in [6.45, 7) is 8.87. The zero-order valence-electron chi connectivity index (χ0n) is 11.2. The molecule has 4 heteroatoms. The van der Waals surface area contributed by atoms with Crippen LogP contribution in [0.25, 0.3) is 0 Å². The van der Waals surface area contributed by atoms with Crippen molar-refractivity contribution in [2.24, 2.45) is 11.8 Å². The first-order valence-corrected chi connectivity index (χ1v) is 6.95. The monoisotopic (exact) mass is 241 g/mol. The van der Waals surface area contributed by atoms with E-state index in [9.17, 15) is 0 Å². The summed E-state index contributed by atoms with van der Waals surface area (Å²) in [6.07, 6.45) is 4.92. The van der Waals surface area contributed by atoms with Crippen LogP contribution < -0.4 is 11.3 Å². The van der Waals surface area contributed by atoms with E-state index in [1.54, 1.807) is 0 Å². The van der Waals surface area contributed by atoms with E-state index >= 15 is 0 Å². The van der Waals surface area contributed by atoms with Crippen LogP contribution >= 0.6 is 0 Å². The van der Waals surface area contributed by atoms with Crippen LogP contribution in [0.1, 0.15) is 39.5 Å². The van der Waals surface area contributed by atoms with E-state index in [1.165, 1.54) is 25.9 Å². The van der Waals surface area contributed by atoms with Crippen LogP contribution in [0.15, 0.2) is 0 Å². The molecule has 2 heterocycles. The number of likely N-dealkylation sites (tertiary alicyclic amines) is 1. The van der Waals surface area contributed by atoms with E-state index in [4.69, 9.17) is 10.6 Å². The Kier molecular flexibility index (Phi) is 4.42. The van der Waals surface area contributed by atoms with Crippen LogP contribution in [0.5, 0.6) is 0 Å². The van der Waals surface area contributed by atoms with Gasteiger partial charge in [-0.15, -0.1) is 0 Å². The van der Waals surface area contributed by atoms with Crippen molar-refractivity contribution in [3.8, 4) is 0 Å². The molecule has 0 aromatic carbocycles. The van der Waals surface area contributed by atoms with Crippen molar-refractivity contribution in [3.05, 3.63) is 0 Å². The highest BCUT2D eigenvalue weighted by Gasteiger charge is 2.40. The first-order chi connectivity index (χ1) is 8.16. The number of nitrogens with zero attached hydrogens (tertiary/aromatic N) is 1. The van der Waals surface area contributed by atoms with Gasteiger partial charge in [0.05, 0.1) is 0 Å². The Balaban J connectivity index is 2.04. The summed E-state index contributed by atoms with van der Waals surface area (Å²) in [6, 6.07) is 0.365. The fourth-order valence-electron chi connectivity index (χ4n) is 3.46. The van der Waals surface area contributed by atoms with Gasteiger partial charge >= 0.3 is 0 Å². The van der Waals surface area contributed by atoms with Crippen molar-refractivity contribution in [2.45, 2.75) is 51.1 Å². The smallest absolute Gasteiger partial charge is 0.0469 e. The Morgan fingerprint density at radius 1 is 1.24 bits per heavy atom. The number of ether oxygens (including phenoxy) is 1. The topological polar surface area (TPSA) is 50.5 Å². The molecule has 0 radical (unpaired) electrons.